The molecule has 0 bridgehead atoms. The van der Waals surface area contributed by atoms with Crippen molar-refractivity contribution in [3.05, 3.63) is 28.3 Å². The van der Waals surface area contributed by atoms with E-state index >= 15 is 0 Å². The van der Waals surface area contributed by atoms with Crippen LogP contribution in [0.15, 0.2) is 22.6 Å². The van der Waals surface area contributed by atoms with Gasteiger partial charge in [-0.2, -0.15) is 4.98 Å². The summed E-state index contributed by atoms with van der Waals surface area (Å²) in [5.74, 6) is 0. The number of nitrogens with zero attached hydrogens (tertiary/aromatic N) is 2. The highest BCUT2D eigenvalue weighted by Crippen LogP contribution is 2.24. The Morgan fingerprint density at radius 2 is 2.35 bits per heavy atom. The molecule has 0 spiro atoms. The van der Waals surface area contributed by atoms with Crippen molar-refractivity contribution >= 4 is 22.8 Å². The van der Waals surface area contributed by atoms with Gasteiger partial charge in [0.15, 0.2) is 5.58 Å². The molecule has 1 saturated heterocycles. The Balaban J connectivity index is 1.91. The Kier molecular flexibility index (Phi) is 2.19. The molecule has 0 aliphatic carbocycles. The van der Waals surface area contributed by atoms with Crippen molar-refractivity contribution in [2.24, 2.45) is 0 Å². The molecule has 0 amide bonds. The zero-order chi connectivity index (χ0) is 11.8. The number of nitrogens with one attached hydrogen (secondary N) is 2. The van der Waals surface area contributed by atoms with Gasteiger partial charge in [-0.25, -0.2) is 0 Å². The van der Waals surface area contributed by atoms with Crippen LogP contribution < -0.4 is 10.6 Å². The number of hydrogen-bond acceptors (Lipinski definition) is 6. The van der Waals surface area contributed by atoms with E-state index in [1.165, 1.54) is 12.1 Å². The van der Waals surface area contributed by atoms with Gasteiger partial charge in [0.2, 0.25) is 0 Å². The number of oxazole rings is 1. The molecule has 88 valence electrons. The van der Waals surface area contributed by atoms with Crippen LogP contribution in [0.3, 0.4) is 0 Å². The summed E-state index contributed by atoms with van der Waals surface area (Å²) in [4.78, 5) is 14.4. The summed E-state index contributed by atoms with van der Waals surface area (Å²) < 4.78 is 5.41. The Morgan fingerprint density at radius 1 is 1.53 bits per heavy atom. The number of fused-ring (bicyclic) bond motifs is 1. The molecule has 0 saturated carbocycles. The van der Waals surface area contributed by atoms with E-state index in [4.69, 9.17) is 4.42 Å². The number of anilines is 1. The first-order valence-electron chi connectivity index (χ1n) is 5.24. The second kappa shape index (κ2) is 3.70. The van der Waals surface area contributed by atoms with Gasteiger partial charge in [-0.3, -0.25) is 10.1 Å². The molecule has 3 rings (SSSR count). The van der Waals surface area contributed by atoms with Crippen LogP contribution in [-0.2, 0) is 0 Å². The Hall–Kier alpha value is -2.15. The average molecular weight is 234 g/mol. The Labute approximate surface area is 96.0 Å². The molecule has 7 nitrogen and oxygen atoms in total. The smallest absolute Gasteiger partial charge is 0.295 e. The summed E-state index contributed by atoms with van der Waals surface area (Å²) in [6.45, 7) is 1.75. The number of nitro benzene ring substituents is 1. The lowest BCUT2D eigenvalue weighted by molar-refractivity contribution is -0.384. The summed E-state index contributed by atoms with van der Waals surface area (Å²) >= 11 is 0. The lowest BCUT2D eigenvalue weighted by atomic mass is 10.2. The van der Waals surface area contributed by atoms with Gasteiger partial charge in [-0.05, 0) is 6.07 Å². The minimum atomic E-state index is -0.453. The van der Waals surface area contributed by atoms with E-state index in [1.807, 2.05) is 0 Å². The molecule has 2 heterocycles. The van der Waals surface area contributed by atoms with E-state index < -0.39 is 4.92 Å². The number of non-ortho nitro benzene ring substituents is 1. The minimum Gasteiger partial charge on any atom is -0.423 e. The maximum atomic E-state index is 10.6. The molecule has 1 aromatic heterocycles. The lowest BCUT2D eigenvalue weighted by Crippen LogP contribution is -2.51. The molecule has 1 fully saturated rings. The van der Waals surface area contributed by atoms with Crippen molar-refractivity contribution in [1.82, 2.24) is 10.3 Å². The fraction of sp³-hybridized carbons (Fsp3) is 0.300. The summed E-state index contributed by atoms with van der Waals surface area (Å²) in [6.07, 6.45) is 0. The Bertz CT molecular complexity index is 576. The summed E-state index contributed by atoms with van der Waals surface area (Å²) in [7, 11) is 0. The van der Waals surface area contributed by atoms with E-state index in [0.717, 1.165) is 13.1 Å². The third kappa shape index (κ3) is 1.80. The normalized spacial score (nSPS) is 15.8. The number of aromatic nitrogens is 1. The second-order valence-corrected chi connectivity index (χ2v) is 3.93. The quantitative estimate of drug-likeness (QED) is 0.610. The summed E-state index contributed by atoms with van der Waals surface area (Å²) in [6, 6.07) is 5.11. The third-order valence-electron chi connectivity index (χ3n) is 2.69. The second-order valence-electron chi connectivity index (χ2n) is 3.93. The third-order valence-corrected chi connectivity index (χ3v) is 2.69. The predicted octanol–water partition coefficient (Wildman–Crippen LogP) is 1.12. The monoisotopic (exact) mass is 234 g/mol. The van der Waals surface area contributed by atoms with Crippen molar-refractivity contribution in [2.45, 2.75) is 6.04 Å². The highest BCUT2D eigenvalue weighted by atomic mass is 16.6. The molecule has 0 radical (unpaired) electrons. The van der Waals surface area contributed by atoms with Gasteiger partial charge < -0.3 is 15.1 Å². The van der Waals surface area contributed by atoms with Gasteiger partial charge in [-0.1, -0.05) is 0 Å². The van der Waals surface area contributed by atoms with E-state index in [0.29, 0.717) is 23.2 Å². The van der Waals surface area contributed by atoms with Crippen LogP contribution in [0.2, 0.25) is 0 Å². The highest BCUT2D eigenvalue weighted by molar-refractivity contribution is 5.77. The van der Waals surface area contributed by atoms with Crippen molar-refractivity contribution in [3.63, 3.8) is 0 Å². The van der Waals surface area contributed by atoms with Gasteiger partial charge in [0.25, 0.3) is 11.7 Å². The van der Waals surface area contributed by atoms with Gasteiger partial charge >= 0.3 is 0 Å². The van der Waals surface area contributed by atoms with Gasteiger partial charge in [-0.15, -0.1) is 0 Å². The molecule has 2 N–H and O–H groups in total. The molecule has 0 atom stereocenters. The topological polar surface area (TPSA) is 93.2 Å². The van der Waals surface area contributed by atoms with Crippen LogP contribution in [0.4, 0.5) is 11.7 Å². The van der Waals surface area contributed by atoms with Crippen LogP contribution in [0.1, 0.15) is 0 Å². The molecule has 7 heteroatoms. The predicted molar refractivity (Wildman–Crippen MR) is 60.9 cm³/mol. The van der Waals surface area contributed by atoms with Crippen LogP contribution in [-0.4, -0.2) is 29.0 Å². The summed E-state index contributed by atoms with van der Waals surface area (Å²) in [5, 5.41) is 16.8. The first-order valence-corrected chi connectivity index (χ1v) is 5.24. The SMILES string of the molecule is O=[N+]([O-])c1ccc2nc(NC3CNC3)oc2c1. The molecular formula is C10H10N4O3. The van der Waals surface area contributed by atoms with Gasteiger partial charge in [0.1, 0.15) is 5.52 Å². The van der Waals surface area contributed by atoms with Crippen LogP contribution >= 0.6 is 0 Å². The van der Waals surface area contributed by atoms with E-state index in [2.05, 4.69) is 15.6 Å². The minimum absolute atomic E-state index is 0.00510. The van der Waals surface area contributed by atoms with E-state index in [1.54, 1.807) is 6.07 Å². The summed E-state index contributed by atoms with van der Waals surface area (Å²) in [5.41, 5.74) is 1.05. The zero-order valence-electron chi connectivity index (χ0n) is 8.84. The molecule has 1 aliphatic rings. The molecule has 1 aromatic carbocycles. The molecule has 2 aromatic rings. The van der Waals surface area contributed by atoms with Crippen molar-refractivity contribution in [1.29, 1.82) is 0 Å². The number of nitro groups is 1. The molecule has 1 aliphatic heterocycles. The highest BCUT2D eigenvalue weighted by Gasteiger charge is 2.19. The average Bonchev–Trinajstić information content (AvgIpc) is 2.64. The lowest BCUT2D eigenvalue weighted by Gasteiger charge is -2.26. The fourth-order valence-electron chi connectivity index (χ4n) is 1.65. The number of benzene rings is 1. The molecular weight excluding hydrogens is 224 g/mol. The first kappa shape index (κ1) is 10.0. The van der Waals surface area contributed by atoms with E-state index in [9.17, 15) is 10.1 Å². The van der Waals surface area contributed by atoms with Crippen LogP contribution in [0, 0.1) is 10.1 Å². The Morgan fingerprint density at radius 3 is 3.00 bits per heavy atom. The van der Waals surface area contributed by atoms with E-state index in [-0.39, 0.29) is 5.69 Å². The maximum absolute atomic E-state index is 10.6. The van der Waals surface area contributed by atoms with Crippen molar-refractivity contribution in [2.75, 3.05) is 18.4 Å². The largest absolute Gasteiger partial charge is 0.423 e. The maximum Gasteiger partial charge on any atom is 0.295 e. The fourth-order valence-corrected chi connectivity index (χ4v) is 1.65. The number of hydrogen-bond donors (Lipinski definition) is 2. The van der Waals surface area contributed by atoms with Gasteiger partial charge in [0.05, 0.1) is 17.0 Å². The molecule has 17 heavy (non-hydrogen) atoms. The standard InChI is InChI=1S/C10H10N4O3/c15-14(16)7-1-2-8-9(3-7)17-10(13-8)12-6-4-11-5-6/h1-3,6,11H,4-5H2,(H,12,13). The van der Waals surface area contributed by atoms with Crippen molar-refractivity contribution in [3.8, 4) is 0 Å². The van der Waals surface area contributed by atoms with Crippen LogP contribution in [0.5, 0.6) is 0 Å². The number of rotatable bonds is 3. The zero-order valence-corrected chi connectivity index (χ0v) is 8.84. The first-order chi connectivity index (χ1) is 8.22. The van der Waals surface area contributed by atoms with Gasteiger partial charge in [0, 0.05) is 19.2 Å². The van der Waals surface area contributed by atoms with Crippen molar-refractivity contribution < 1.29 is 9.34 Å². The van der Waals surface area contributed by atoms with Crippen LogP contribution in [0.25, 0.3) is 11.1 Å². The molecule has 0 unspecified atom stereocenters.